The average Bonchev–Trinajstić information content (AvgIpc) is 2.86. The van der Waals surface area contributed by atoms with Gasteiger partial charge in [0.05, 0.1) is 6.10 Å². The summed E-state index contributed by atoms with van der Waals surface area (Å²) in [5.41, 5.74) is 0.535. The standard InChI is InChI=1S/C17H33NO/c1-5-17(2,3)13-9-11-14(12-10-13)18-15-7-6-8-16(15)19-4/h13-16,18H,5-12H2,1-4H3. The van der Waals surface area contributed by atoms with Crippen molar-refractivity contribution in [1.29, 1.82) is 0 Å². The first-order valence-corrected chi connectivity index (χ1v) is 8.35. The van der Waals surface area contributed by atoms with Crippen molar-refractivity contribution in [3.05, 3.63) is 0 Å². The predicted octanol–water partition coefficient (Wildman–Crippen LogP) is 4.14. The molecule has 1 N–H and O–H groups in total. The lowest BCUT2D eigenvalue weighted by molar-refractivity contribution is 0.0728. The lowest BCUT2D eigenvalue weighted by Gasteiger charge is -2.40. The molecule has 19 heavy (non-hydrogen) atoms. The van der Waals surface area contributed by atoms with E-state index in [0.29, 0.717) is 17.6 Å². The third-order valence-corrected chi connectivity index (χ3v) is 5.95. The normalized spacial score (nSPS) is 36.6. The van der Waals surface area contributed by atoms with Gasteiger partial charge in [-0.25, -0.2) is 0 Å². The third-order valence-electron chi connectivity index (χ3n) is 5.95. The van der Waals surface area contributed by atoms with E-state index in [-0.39, 0.29) is 0 Å². The summed E-state index contributed by atoms with van der Waals surface area (Å²) in [6, 6.07) is 1.36. The smallest absolute Gasteiger partial charge is 0.0724 e. The molecule has 0 aromatic carbocycles. The summed E-state index contributed by atoms with van der Waals surface area (Å²) in [4.78, 5) is 0. The lowest BCUT2D eigenvalue weighted by atomic mass is 9.69. The van der Waals surface area contributed by atoms with E-state index >= 15 is 0 Å². The molecule has 2 saturated carbocycles. The Kier molecular flexibility index (Phi) is 5.30. The van der Waals surface area contributed by atoms with Crippen LogP contribution in [0.4, 0.5) is 0 Å². The van der Waals surface area contributed by atoms with Gasteiger partial charge in [0.2, 0.25) is 0 Å². The molecule has 2 aliphatic rings. The van der Waals surface area contributed by atoms with Crippen molar-refractivity contribution < 1.29 is 4.74 Å². The van der Waals surface area contributed by atoms with Crippen LogP contribution in [0.1, 0.15) is 72.1 Å². The predicted molar refractivity (Wildman–Crippen MR) is 81.4 cm³/mol. The van der Waals surface area contributed by atoms with Crippen molar-refractivity contribution in [3.63, 3.8) is 0 Å². The van der Waals surface area contributed by atoms with Crippen LogP contribution in [-0.2, 0) is 4.74 Å². The Morgan fingerprint density at radius 3 is 2.32 bits per heavy atom. The maximum atomic E-state index is 5.60. The van der Waals surface area contributed by atoms with Gasteiger partial charge in [0.15, 0.2) is 0 Å². The SMILES string of the molecule is CCC(C)(C)C1CCC(NC2CCCC2OC)CC1. The number of rotatable bonds is 5. The molecule has 2 fully saturated rings. The number of hydrogen-bond donors (Lipinski definition) is 1. The molecule has 2 rings (SSSR count). The third kappa shape index (κ3) is 3.72. The quantitative estimate of drug-likeness (QED) is 0.808. The summed E-state index contributed by atoms with van der Waals surface area (Å²) in [6.45, 7) is 7.23. The van der Waals surface area contributed by atoms with Crippen LogP contribution in [0.5, 0.6) is 0 Å². The van der Waals surface area contributed by atoms with Crippen molar-refractivity contribution in [2.24, 2.45) is 11.3 Å². The lowest BCUT2D eigenvalue weighted by Crippen LogP contribution is -2.45. The van der Waals surface area contributed by atoms with Crippen molar-refractivity contribution in [3.8, 4) is 0 Å². The zero-order valence-electron chi connectivity index (χ0n) is 13.4. The van der Waals surface area contributed by atoms with Crippen LogP contribution >= 0.6 is 0 Å². The van der Waals surface area contributed by atoms with Gasteiger partial charge in [-0.2, -0.15) is 0 Å². The number of hydrogen-bond acceptors (Lipinski definition) is 2. The molecular formula is C17H33NO. The van der Waals surface area contributed by atoms with E-state index in [0.717, 1.165) is 12.0 Å². The molecule has 2 atom stereocenters. The van der Waals surface area contributed by atoms with E-state index in [2.05, 4.69) is 26.1 Å². The zero-order chi connectivity index (χ0) is 13.9. The van der Waals surface area contributed by atoms with E-state index in [1.54, 1.807) is 0 Å². The average molecular weight is 267 g/mol. The Balaban J connectivity index is 1.77. The maximum Gasteiger partial charge on any atom is 0.0724 e. The molecular weight excluding hydrogens is 234 g/mol. The molecule has 0 aromatic rings. The number of ether oxygens (including phenoxy) is 1. The van der Waals surface area contributed by atoms with Gasteiger partial charge in [-0.3, -0.25) is 0 Å². The van der Waals surface area contributed by atoms with Crippen LogP contribution in [0.15, 0.2) is 0 Å². The minimum Gasteiger partial charge on any atom is -0.380 e. The molecule has 0 saturated heterocycles. The molecule has 2 aliphatic carbocycles. The Hall–Kier alpha value is -0.0800. The summed E-state index contributed by atoms with van der Waals surface area (Å²) in [7, 11) is 1.87. The van der Waals surface area contributed by atoms with Gasteiger partial charge >= 0.3 is 0 Å². The van der Waals surface area contributed by atoms with Crippen LogP contribution in [0.25, 0.3) is 0 Å². The van der Waals surface area contributed by atoms with Crippen LogP contribution in [0.3, 0.4) is 0 Å². The molecule has 0 bridgehead atoms. The Morgan fingerprint density at radius 2 is 1.74 bits per heavy atom. The molecule has 0 heterocycles. The van der Waals surface area contributed by atoms with Gasteiger partial charge in [0.1, 0.15) is 0 Å². The molecule has 0 aromatic heterocycles. The summed E-state index contributed by atoms with van der Waals surface area (Å²) in [5, 5.41) is 3.88. The summed E-state index contributed by atoms with van der Waals surface area (Å²) < 4.78 is 5.60. The van der Waals surface area contributed by atoms with E-state index in [4.69, 9.17) is 4.74 Å². The molecule has 2 nitrogen and oxygen atoms in total. The topological polar surface area (TPSA) is 21.3 Å². The van der Waals surface area contributed by atoms with Crippen LogP contribution < -0.4 is 5.32 Å². The van der Waals surface area contributed by atoms with Gasteiger partial charge < -0.3 is 10.1 Å². The highest BCUT2D eigenvalue weighted by molar-refractivity contribution is 4.90. The summed E-state index contributed by atoms with van der Waals surface area (Å²) >= 11 is 0. The molecule has 0 radical (unpaired) electrons. The summed E-state index contributed by atoms with van der Waals surface area (Å²) in [6.07, 6.45) is 11.2. The van der Waals surface area contributed by atoms with E-state index in [1.807, 2.05) is 7.11 Å². The fourth-order valence-electron chi connectivity index (χ4n) is 4.03. The number of methoxy groups -OCH3 is 1. The maximum absolute atomic E-state index is 5.60. The van der Waals surface area contributed by atoms with Gasteiger partial charge in [0, 0.05) is 19.2 Å². The molecule has 0 amide bonds. The monoisotopic (exact) mass is 267 g/mol. The Morgan fingerprint density at radius 1 is 1.05 bits per heavy atom. The first-order chi connectivity index (χ1) is 9.06. The van der Waals surface area contributed by atoms with Gasteiger partial charge in [-0.15, -0.1) is 0 Å². The fraction of sp³-hybridized carbons (Fsp3) is 1.00. The minimum absolute atomic E-state index is 0.463. The van der Waals surface area contributed by atoms with Gasteiger partial charge in [-0.1, -0.05) is 27.2 Å². The second-order valence-corrected chi connectivity index (χ2v) is 7.37. The van der Waals surface area contributed by atoms with E-state index in [1.165, 1.54) is 51.4 Å². The molecule has 2 heteroatoms. The highest BCUT2D eigenvalue weighted by Crippen LogP contribution is 2.40. The van der Waals surface area contributed by atoms with Crippen molar-refractivity contribution in [1.82, 2.24) is 5.32 Å². The second-order valence-electron chi connectivity index (χ2n) is 7.37. The minimum atomic E-state index is 0.463. The zero-order valence-corrected chi connectivity index (χ0v) is 13.4. The van der Waals surface area contributed by atoms with Gasteiger partial charge in [0.25, 0.3) is 0 Å². The van der Waals surface area contributed by atoms with Crippen LogP contribution in [-0.4, -0.2) is 25.3 Å². The van der Waals surface area contributed by atoms with E-state index < -0.39 is 0 Å². The Bertz CT molecular complexity index is 268. The fourth-order valence-corrected chi connectivity index (χ4v) is 4.03. The summed E-state index contributed by atoms with van der Waals surface area (Å²) in [5.74, 6) is 0.928. The first kappa shape index (κ1) is 15.3. The Labute approximate surface area is 119 Å². The molecule has 112 valence electrons. The van der Waals surface area contributed by atoms with Gasteiger partial charge in [-0.05, 0) is 56.3 Å². The molecule has 2 unspecified atom stereocenters. The van der Waals surface area contributed by atoms with Crippen LogP contribution in [0, 0.1) is 11.3 Å². The van der Waals surface area contributed by atoms with E-state index in [9.17, 15) is 0 Å². The molecule has 0 aliphatic heterocycles. The van der Waals surface area contributed by atoms with Crippen molar-refractivity contribution in [2.45, 2.75) is 90.3 Å². The van der Waals surface area contributed by atoms with Crippen LogP contribution in [0.2, 0.25) is 0 Å². The second kappa shape index (κ2) is 6.58. The highest BCUT2D eigenvalue weighted by Gasteiger charge is 2.34. The largest absolute Gasteiger partial charge is 0.380 e. The molecule has 0 spiro atoms. The first-order valence-electron chi connectivity index (χ1n) is 8.35. The van der Waals surface area contributed by atoms with Crippen molar-refractivity contribution >= 4 is 0 Å². The van der Waals surface area contributed by atoms with Crippen molar-refractivity contribution in [2.75, 3.05) is 7.11 Å². The number of nitrogens with one attached hydrogen (secondary N) is 1. The highest BCUT2D eigenvalue weighted by atomic mass is 16.5.